The molecule has 0 radical (unpaired) electrons. The molecule has 1 aromatic carbocycles. The van der Waals surface area contributed by atoms with Crippen molar-refractivity contribution >= 4 is 41.5 Å². The number of nitrogens with zero attached hydrogens (tertiary/aromatic N) is 2. The number of anilines is 1. The van der Waals surface area contributed by atoms with Crippen LogP contribution >= 0.6 is 24.0 Å². The smallest absolute Gasteiger partial charge is 0.227 e. The summed E-state index contributed by atoms with van der Waals surface area (Å²) in [6.45, 7) is 12.4. The SMILES string of the molecule is CCNC(=NCc1cccc(NC(=O)C2CCCC2)c1)NCC(C(C)C)N1CCOCC1.I. The van der Waals surface area contributed by atoms with Gasteiger partial charge in [0.25, 0.3) is 0 Å². The Bertz CT molecular complexity index is 746. The van der Waals surface area contributed by atoms with Crippen molar-refractivity contribution in [3.8, 4) is 0 Å². The number of amides is 1. The van der Waals surface area contributed by atoms with Gasteiger partial charge in [-0.15, -0.1) is 24.0 Å². The molecular weight excluding hydrogens is 529 g/mol. The number of aliphatic imine (C=N–C) groups is 1. The fourth-order valence-electron chi connectivity index (χ4n) is 4.59. The summed E-state index contributed by atoms with van der Waals surface area (Å²) >= 11 is 0. The predicted octanol–water partition coefficient (Wildman–Crippen LogP) is 3.85. The zero-order valence-electron chi connectivity index (χ0n) is 20.4. The zero-order chi connectivity index (χ0) is 22.8. The van der Waals surface area contributed by atoms with Crippen LogP contribution in [0.3, 0.4) is 0 Å². The minimum atomic E-state index is 0. The molecule has 3 rings (SSSR count). The van der Waals surface area contributed by atoms with Crippen molar-refractivity contribution in [3.63, 3.8) is 0 Å². The number of halogens is 1. The molecule has 2 aliphatic rings. The molecular formula is C25H42IN5O2. The summed E-state index contributed by atoms with van der Waals surface area (Å²) in [5.74, 6) is 1.69. The first-order chi connectivity index (χ1) is 15.6. The summed E-state index contributed by atoms with van der Waals surface area (Å²) in [4.78, 5) is 19.8. The molecule has 0 bridgehead atoms. The Kier molecular flexibility index (Phi) is 12.5. The van der Waals surface area contributed by atoms with Crippen LogP contribution in [0.5, 0.6) is 0 Å². The standard InChI is InChI=1S/C25H41N5O2.HI/c1-4-26-25(28-18-23(19(2)3)30-12-14-32-15-13-30)27-17-20-8-7-11-22(16-20)29-24(31)21-9-5-6-10-21;/h7-8,11,16,19,21,23H,4-6,9-10,12-15,17-18H2,1-3H3,(H,29,31)(H2,26,27,28);1H. The van der Waals surface area contributed by atoms with Gasteiger partial charge in [0.1, 0.15) is 0 Å². The highest BCUT2D eigenvalue weighted by Gasteiger charge is 2.24. The Morgan fingerprint density at radius 3 is 2.58 bits per heavy atom. The molecule has 1 amide bonds. The van der Waals surface area contributed by atoms with E-state index in [9.17, 15) is 4.79 Å². The number of ether oxygens (including phenoxy) is 1. The number of hydrogen-bond donors (Lipinski definition) is 3. The molecule has 1 aromatic rings. The minimum absolute atomic E-state index is 0. The maximum atomic E-state index is 12.4. The van der Waals surface area contributed by atoms with E-state index in [0.29, 0.717) is 18.5 Å². The van der Waals surface area contributed by atoms with E-state index in [2.05, 4.69) is 47.7 Å². The van der Waals surface area contributed by atoms with Crippen LogP contribution in [0.4, 0.5) is 5.69 Å². The normalized spacial score (nSPS) is 18.6. The summed E-state index contributed by atoms with van der Waals surface area (Å²) in [5.41, 5.74) is 1.94. The third-order valence-corrected chi connectivity index (χ3v) is 6.45. The van der Waals surface area contributed by atoms with E-state index in [0.717, 1.165) is 82.3 Å². The van der Waals surface area contributed by atoms with Crippen molar-refractivity contribution in [3.05, 3.63) is 29.8 Å². The van der Waals surface area contributed by atoms with Crippen molar-refractivity contribution in [1.29, 1.82) is 0 Å². The monoisotopic (exact) mass is 571 g/mol. The molecule has 1 saturated heterocycles. The van der Waals surface area contributed by atoms with Crippen molar-refractivity contribution < 1.29 is 9.53 Å². The molecule has 3 N–H and O–H groups in total. The van der Waals surface area contributed by atoms with Crippen LogP contribution in [0.1, 0.15) is 52.0 Å². The lowest BCUT2D eigenvalue weighted by molar-refractivity contribution is -0.119. The Labute approximate surface area is 216 Å². The summed E-state index contributed by atoms with van der Waals surface area (Å²) < 4.78 is 5.52. The summed E-state index contributed by atoms with van der Waals surface area (Å²) in [6, 6.07) is 8.48. The Morgan fingerprint density at radius 2 is 1.91 bits per heavy atom. The highest BCUT2D eigenvalue weighted by Crippen LogP contribution is 2.26. The Morgan fingerprint density at radius 1 is 1.18 bits per heavy atom. The van der Waals surface area contributed by atoms with E-state index in [1.807, 2.05) is 18.2 Å². The molecule has 1 atom stereocenters. The lowest BCUT2D eigenvalue weighted by Gasteiger charge is -2.37. The number of hydrogen-bond acceptors (Lipinski definition) is 4. The van der Waals surface area contributed by atoms with Gasteiger partial charge >= 0.3 is 0 Å². The average molecular weight is 572 g/mol. The second-order valence-corrected chi connectivity index (χ2v) is 9.21. The van der Waals surface area contributed by atoms with Crippen LogP contribution in [0.15, 0.2) is 29.3 Å². The van der Waals surface area contributed by atoms with E-state index >= 15 is 0 Å². The molecule has 2 fully saturated rings. The van der Waals surface area contributed by atoms with Crippen LogP contribution in [0.25, 0.3) is 0 Å². The second kappa shape index (κ2) is 14.8. The van der Waals surface area contributed by atoms with E-state index in [4.69, 9.17) is 9.73 Å². The molecule has 1 heterocycles. The van der Waals surface area contributed by atoms with Gasteiger partial charge < -0.3 is 20.7 Å². The first-order valence-corrected chi connectivity index (χ1v) is 12.3. The average Bonchev–Trinajstić information content (AvgIpc) is 3.33. The van der Waals surface area contributed by atoms with Gasteiger partial charge in [0, 0.05) is 43.8 Å². The van der Waals surface area contributed by atoms with Gasteiger partial charge in [-0.05, 0) is 43.4 Å². The maximum absolute atomic E-state index is 12.4. The number of benzene rings is 1. The largest absolute Gasteiger partial charge is 0.379 e. The van der Waals surface area contributed by atoms with Gasteiger partial charge in [0.2, 0.25) is 5.91 Å². The van der Waals surface area contributed by atoms with Crippen LogP contribution in [-0.4, -0.2) is 62.2 Å². The summed E-state index contributed by atoms with van der Waals surface area (Å²) in [5, 5.41) is 9.99. The number of guanidine groups is 1. The number of morpholine rings is 1. The van der Waals surface area contributed by atoms with Gasteiger partial charge in [-0.2, -0.15) is 0 Å². The van der Waals surface area contributed by atoms with Gasteiger partial charge in [-0.3, -0.25) is 9.69 Å². The highest BCUT2D eigenvalue weighted by atomic mass is 127. The maximum Gasteiger partial charge on any atom is 0.227 e. The molecule has 1 unspecified atom stereocenters. The lowest BCUT2D eigenvalue weighted by atomic mass is 10.0. The van der Waals surface area contributed by atoms with Crippen LogP contribution in [-0.2, 0) is 16.1 Å². The molecule has 8 heteroatoms. The quantitative estimate of drug-likeness (QED) is 0.239. The molecule has 33 heavy (non-hydrogen) atoms. The topological polar surface area (TPSA) is 78.0 Å². The molecule has 1 aliphatic heterocycles. The van der Waals surface area contributed by atoms with E-state index in [-0.39, 0.29) is 35.8 Å². The molecule has 0 aromatic heterocycles. The predicted molar refractivity (Wildman–Crippen MR) is 146 cm³/mol. The van der Waals surface area contributed by atoms with Gasteiger partial charge in [-0.25, -0.2) is 4.99 Å². The zero-order valence-corrected chi connectivity index (χ0v) is 22.8. The molecule has 1 aliphatic carbocycles. The van der Waals surface area contributed by atoms with Gasteiger partial charge in [-0.1, -0.05) is 38.8 Å². The lowest BCUT2D eigenvalue weighted by Crippen LogP contribution is -2.52. The molecule has 0 spiro atoms. The van der Waals surface area contributed by atoms with E-state index < -0.39 is 0 Å². The Balaban J connectivity index is 0.00000385. The number of rotatable bonds is 9. The summed E-state index contributed by atoms with van der Waals surface area (Å²) in [7, 11) is 0. The fraction of sp³-hybridized carbons (Fsp3) is 0.680. The molecule has 186 valence electrons. The van der Waals surface area contributed by atoms with Gasteiger partial charge in [0.05, 0.1) is 19.8 Å². The molecule has 1 saturated carbocycles. The van der Waals surface area contributed by atoms with Crippen LogP contribution < -0.4 is 16.0 Å². The first-order valence-electron chi connectivity index (χ1n) is 12.3. The van der Waals surface area contributed by atoms with Crippen molar-refractivity contribution in [2.24, 2.45) is 16.8 Å². The van der Waals surface area contributed by atoms with E-state index in [1.165, 1.54) is 0 Å². The third kappa shape index (κ3) is 9.05. The van der Waals surface area contributed by atoms with Crippen LogP contribution in [0.2, 0.25) is 0 Å². The molecule has 7 nitrogen and oxygen atoms in total. The number of nitrogens with one attached hydrogen (secondary N) is 3. The van der Waals surface area contributed by atoms with E-state index in [1.54, 1.807) is 0 Å². The number of carbonyl (C=O) groups is 1. The summed E-state index contributed by atoms with van der Waals surface area (Å²) in [6.07, 6.45) is 4.34. The van der Waals surface area contributed by atoms with Crippen molar-refractivity contribution in [1.82, 2.24) is 15.5 Å². The minimum Gasteiger partial charge on any atom is -0.379 e. The van der Waals surface area contributed by atoms with Crippen molar-refractivity contribution in [2.75, 3.05) is 44.7 Å². The number of carbonyl (C=O) groups excluding carboxylic acids is 1. The third-order valence-electron chi connectivity index (χ3n) is 6.45. The Hall–Kier alpha value is -1.39. The van der Waals surface area contributed by atoms with Gasteiger partial charge in [0.15, 0.2) is 5.96 Å². The van der Waals surface area contributed by atoms with Crippen LogP contribution in [0, 0.1) is 11.8 Å². The fourth-order valence-corrected chi connectivity index (χ4v) is 4.59. The van der Waals surface area contributed by atoms with Crippen molar-refractivity contribution in [2.45, 2.75) is 59.0 Å². The highest BCUT2D eigenvalue weighted by molar-refractivity contribution is 14.0. The second-order valence-electron chi connectivity index (χ2n) is 9.21. The first kappa shape index (κ1) is 27.9.